The Balaban J connectivity index is 1.45. The van der Waals surface area contributed by atoms with Gasteiger partial charge in [0.05, 0.1) is 10.7 Å². The van der Waals surface area contributed by atoms with Crippen LogP contribution in [-0.2, 0) is 11.2 Å². The van der Waals surface area contributed by atoms with Crippen molar-refractivity contribution in [2.24, 2.45) is 0 Å². The van der Waals surface area contributed by atoms with Crippen molar-refractivity contribution >= 4 is 23.2 Å². The summed E-state index contributed by atoms with van der Waals surface area (Å²) in [6.45, 7) is -0.130. The van der Waals surface area contributed by atoms with E-state index in [9.17, 15) is 4.79 Å². The lowest BCUT2D eigenvalue weighted by Crippen LogP contribution is -2.21. The summed E-state index contributed by atoms with van der Waals surface area (Å²) in [7, 11) is 0. The number of rotatable bonds is 7. The van der Waals surface area contributed by atoms with Crippen LogP contribution < -0.4 is 10.1 Å². The van der Waals surface area contributed by atoms with Crippen LogP contribution >= 0.6 is 11.6 Å². The zero-order valence-corrected chi connectivity index (χ0v) is 16.8. The second kappa shape index (κ2) is 9.24. The van der Waals surface area contributed by atoms with E-state index >= 15 is 0 Å². The molecule has 0 bridgehead atoms. The van der Waals surface area contributed by atoms with E-state index in [0.717, 1.165) is 12.0 Å². The molecule has 0 spiro atoms. The highest BCUT2D eigenvalue weighted by Gasteiger charge is 2.14. The molecule has 0 aliphatic heterocycles. The minimum Gasteiger partial charge on any atom is -0.483 e. The first-order chi connectivity index (χ1) is 14.7. The van der Waals surface area contributed by atoms with Crippen LogP contribution in [-0.4, -0.2) is 27.3 Å². The predicted molar refractivity (Wildman–Crippen MR) is 116 cm³/mol. The van der Waals surface area contributed by atoms with Crippen LogP contribution in [0.3, 0.4) is 0 Å². The number of nitrogens with zero attached hydrogens (tertiary/aromatic N) is 3. The van der Waals surface area contributed by atoms with E-state index in [1.54, 1.807) is 18.2 Å². The predicted octanol–water partition coefficient (Wildman–Crippen LogP) is 4.53. The molecule has 0 aliphatic carbocycles. The largest absolute Gasteiger partial charge is 0.483 e. The van der Waals surface area contributed by atoms with Gasteiger partial charge >= 0.3 is 0 Å². The number of carbonyl (C=O) groups excluding carboxylic acids is 1. The Kier molecular flexibility index (Phi) is 6.06. The third kappa shape index (κ3) is 4.67. The Morgan fingerprint density at radius 3 is 2.60 bits per heavy atom. The summed E-state index contributed by atoms with van der Waals surface area (Å²) in [6, 6.07) is 23.1. The number of anilines is 1. The average Bonchev–Trinajstić information content (AvgIpc) is 3.28. The highest BCUT2D eigenvalue weighted by molar-refractivity contribution is 6.33. The Morgan fingerprint density at radius 2 is 1.80 bits per heavy atom. The Bertz CT molecular complexity index is 1130. The quantitative estimate of drug-likeness (QED) is 0.478. The van der Waals surface area contributed by atoms with Gasteiger partial charge in [0.15, 0.2) is 6.61 Å². The summed E-state index contributed by atoms with van der Waals surface area (Å²) >= 11 is 6.30. The summed E-state index contributed by atoms with van der Waals surface area (Å²) in [5.41, 5.74) is 3.27. The SMILES string of the molecule is O=C(COc1ccccc1Cc1ccccc1)Nc1cccc(Cl)c1-n1cncn1. The average molecular weight is 419 g/mol. The molecule has 0 radical (unpaired) electrons. The lowest BCUT2D eigenvalue weighted by Gasteiger charge is -2.14. The van der Waals surface area contributed by atoms with Crippen molar-refractivity contribution in [2.45, 2.75) is 6.42 Å². The smallest absolute Gasteiger partial charge is 0.262 e. The van der Waals surface area contributed by atoms with Crippen LogP contribution in [0.4, 0.5) is 5.69 Å². The first-order valence-corrected chi connectivity index (χ1v) is 9.76. The second-order valence-corrected chi connectivity index (χ2v) is 6.99. The van der Waals surface area contributed by atoms with Gasteiger partial charge in [0.25, 0.3) is 5.91 Å². The molecule has 4 aromatic rings. The Hall–Kier alpha value is -3.64. The van der Waals surface area contributed by atoms with E-state index in [4.69, 9.17) is 16.3 Å². The third-order valence-electron chi connectivity index (χ3n) is 4.48. The summed E-state index contributed by atoms with van der Waals surface area (Å²) in [6.07, 6.45) is 3.65. The molecule has 30 heavy (non-hydrogen) atoms. The molecular weight excluding hydrogens is 400 g/mol. The molecule has 0 aliphatic rings. The van der Waals surface area contributed by atoms with Crippen LogP contribution in [0.15, 0.2) is 85.5 Å². The van der Waals surface area contributed by atoms with Crippen LogP contribution in [0.5, 0.6) is 5.75 Å². The third-order valence-corrected chi connectivity index (χ3v) is 4.78. The fourth-order valence-corrected chi connectivity index (χ4v) is 3.37. The van der Waals surface area contributed by atoms with Gasteiger partial charge in [-0.3, -0.25) is 4.79 Å². The number of halogens is 1. The normalized spacial score (nSPS) is 10.6. The van der Waals surface area contributed by atoms with Crippen molar-refractivity contribution in [1.29, 1.82) is 0 Å². The van der Waals surface area contributed by atoms with Gasteiger partial charge in [0.2, 0.25) is 0 Å². The van der Waals surface area contributed by atoms with E-state index < -0.39 is 0 Å². The van der Waals surface area contributed by atoms with E-state index in [0.29, 0.717) is 22.1 Å². The number of hydrogen-bond acceptors (Lipinski definition) is 4. The topological polar surface area (TPSA) is 69.0 Å². The maximum atomic E-state index is 12.6. The molecule has 1 heterocycles. The molecule has 6 nitrogen and oxygen atoms in total. The van der Waals surface area contributed by atoms with Crippen molar-refractivity contribution in [3.8, 4) is 11.4 Å². The van der Waals surface area contributed by atoms with E-state index in [2.05, 4.69) is 27.5 Å². The number of para-hydroxylation sites is 2. The standard InChI is InChI=1S/C23H19ClN4O2/c24-19-10-6-11-20(23(19)28-16-25-15-26-28)27-22(29)14-30-21-12-5-4-9-18(21)13-17-7-2-1-3-8-17/h1-12,15-16H,13-14H2,(H,27,29). The first-order valence-electron chi connectivity index (χ1n) is 9.39. The minimum absolute atomic E-state index is 0.130. The van der Waals surface area contributed by atoms with Crippen LogP contribution in [0.25, 0.3) is 5.69 Å². The van der Waals surface area contributed by atoms with Crippen LogP contribution in [0, 0.1) is 0 Å². The number of nitrogens with one attached hydrogen (secondary N) is 1. The van der Waals surface area contributed by atoms with Crippen molar-refractivity contribution in [3.05, 3.63) is 102 Å². The molecule has 4 rings (SSSR count). The lowest BCUT2D eigenvalue weighted by molar-refractivity contribution is -0.118. The molecule has 7 heteroatoms. The van der Waals surface area contributed by atoms with Crippen molar-refractivity contribution in [1.82, 2.24) is 14.8 Å². The summed E-state index contributed by atoms with van der Waals surface area (Å²) in [4.78, 5) is 16.5. The molecule has 1 aromatic heterocycles. The zero-order chi connectivity index (χ0) is 20.8. The molecule has 0 saturated heterocycles. The van der Waals surface area contributed by atoms with Crippen molar-refractivity contribution < 1.29 is 9.53 Å². The van der Waals surface area contributed by atoms with Crippen LogP contribution in [0.2, 0.25) is 5.02 Å². The maximum absolute atomic E-state index is 12.6. The maximum Gasteiger partial charge on any atom is 0.262 e. The zero-order valence-electron chi connectivity index (χ0n) is 16.0. The molecule has 0 fully saturated rings. The fourth-order valence-electron chi connectivity index (χ4n) is 3.11. The van der Waals surface area contributed by atoms with Crippen LogP contribution in [0.1, 0.15) is 11.1 Å². The van der Waals surface area contributed by atoms with Gasteiger partial charge in [0, 0.05) is 6.42 Å². The molecule has 150 valence electrons. The molecule has 1 amide bonds. The summed E-state index contributed by atoms with van der Waals surface area (Å²) in [5.74, 6) is 0.382. The minimum atomic E-state index is -0.298. The van der Waals surface area contributed by atoms with Gasteiger partial charge in [-0.2, -0.15) is 5.10 Å². The van der Waals surface area contributed by atoms with Gasteiger partial charge in [-0.15, -0.1) is 0 Å². The van der Waals surface area contributed by atoms with Gasteiger partial charge < -0.3 is 10.1 Å². The van der Waals surface area contributed by atoms with Gasteiger partial charge in [-0.1, -0.05) is 66.2 Å². The Labute approximate surface area is 179 Å². The first kappa shape index (κ1) is 19.7. The molecule has 0 atom stereocenters. The number of ether oxygens (including phenoxy) is 1. The number of aromatic nitrogens is 3. The van der Waals surface area contributed by atoms with E-state index in [-0.39, 0.29) is 12.5 Å². The number of carbonyl (C=O) groups is 1. The van der Waals surface area contributed by atoms with E-state index in [1.165, 1.54) is 22.9 Å². The fraction of sp³-hybridized carbons (Fsp3) is 0.0870. The number of amides is 1. The van der Waals surface area contributed by atoms with Crippen molar-refractivity contribution in [3.63, 3.8) is 0 Å². The van der Waals surface area contributed by atoms with Gasteiger partial charge in [-0.05, 0) is 29.3 Å². The van der Waals surface area contributed by atoms with Crippen molar-refractivity contribution in [2.75, 3.05) is 11.9 Å². The summed E-state index contributed by atoms with van der Waals surface area (Å²) in [5, 5.41) is 7.39. The molecule has 0 unspecified atom stereocenters. The highest BCUT2D eigenvalue weighted by Crippen LogP contribution is 2.28. The van der Waals surface area contributed by atoms with E-state index in [1.807, 2.05) is 42.5 Å². The number of benzene rings is 3. The summed E-state index contributed by atoms with van der Waals surface area (Å²) < 4.78 is 7.33. The van der Waals surface area contributed by atoms with Gasteiger partial charge in [0.1, 0.15) is 24.1 Å². The second-order valence-electron chi connectivity index (χ2n) is 6.58. The molecule has 0 saturated carbocycles. The molecular formula is C23H19ClN4O2. The monoisotopic (exact) mass is 418 g/mol. The number of hydrogen-bond donors (Lipinski definition) is 1. The van der Waals surface area contributed by atoms with Gasteiger partial charge in [-0.25, -0.2) is 9.67 Å². The molecule has 3 aromatic carbocycles. The lowest BCUT2D eigenvalue weighted by atomic mass is 10.0. The molecule has 1 N–H and O–H groups in total. The highest BCUT2D eigenvalue weighted by atomic mass is 35.5. The Morgan fingerprint density at radius 1 is 1.00 bits per heavy atom.